The largest absolute Gasteiger partial charge is 0.378 e. The van der Waals surface area contributed by atoms with E-state index in [0.29, 0.717) is 26.4 Å². The molecule has 0 unspecified atom stereocenters. The third-order valence-electron chi connectivity index (χ3n) is 7.57. The molecule has 8 nitrogen and oxygen atoms in total. The van der Waals surface area contributed by atoms with Crippen LogP contribution in [0, 0.1) is 0 Å². The number of rotatable bonds is 14. The van der Waals surface area contributed by atoms with Crippen LogP contribution in [-0.2, 0) is 50.1 Å². The molecule has 5 rings (SSSR count). The van der Waals surface area contributed by atoms with Crippen LogP contribution in [-0.4, -0.2) is 43.7 Å². The first kappa shape index (κ1) is 30.4. The lowest BCUT2D eigenvalue weighted by Crippen LogP contribution is -2.66. The molecule has 1 aliphatic carbocycles. The second-order valence-corrected chi connectivity index (χ2v) is 10.4. The molecule has 1 saturated carbocycles. The van der Waals surface area contributed by atoms with Crippen molar-refractivity contribution in [3.63, 3.8) is 0 Å². The van der Waals surface area contributed by atoms with E-state index in [9.17, 15) is 5.53 Å². The molecular weight excluding hydrogens is 542 g/mol. The summed E-state index contributed by atoms with van der Waals surface area (Å²) in [7, 11) is 1.59. The highest BCUT2D eigenvalue weighted by Crippen LogP contribution is 2.35. The first-order valence-corrected chi connectivity index (χ1v) is 14.5. The molecule has 0 spiro atoms. The third kappa shape index (κ3) is 8.30. The zero-order valence-electron chi connectivity index (χ0n) is 24.2. The Hall–Kier alpha value is -4.01. The van der Waals surface area contributed by atoms with Crippen molar-refractivity contribution in [3.05, 3.63) is 154 Å². The number of azide groups is 1. The first-order chi connectivity index (χ1) is 21.3. The van der Waals surface area contributed by atoms with Gasteiger partial charge in [-0.2, -0.15) is 0 Å². The lowest BCUT2D eigenvalue weighted by molar-refractivity contribution is -0.250. The Morgan fingerprint density at radius 3 is 1.12 bits per heavy atom. The molecule has 1 aliphatic rings. The second kappa shape index (κ2) is 16.0. The average Bonchev–Trinajstić information content (AvgIpc) is 3.07. The summed E-state index contributed by atoms with van der Waals surface area (Å²) in [5, 5.41) is 4.21. The maximum atomic E-state index is 9.68. The Morgan fingerprint density at radius 1 is 0.488 bits per heavy atom. The molecule has 0 aliphatic heterocycles. The summed E-state index contributed by atoms with van der Waals surface area (Å²) in [5.74, 6) is 0. The van der Waals surface area contributed by atoms with E-state index in [0.717, 1.165) is 22.3 Å². The van der Waals surface area contributed by atoms with Crippen LogP contribution < -0.4 is 0 Å². The van der Waals surface area contributed by atoms with Crippen molar-refractivity contribution < 1.29 is 23.7 Å². The third-order valence-corrected chi connectivity index (χ3v) is 7.57. The summed E-state index contributed by atoms with van der Waals surface area (Å²) >= 11 is 0. The maximum absolute atomic E-state index is 9.68. The summed E-state index contributed by atoms with van der Waals surface area (Å²) < 4.78 is 32.5. The number of benzene rings is 4. The van der Waals surface area contributed by atoms with E-state index < -0.39 is 36.6 Å². The molecule has 0 amide bonds. The van der Waals surface area contributed by atoms with E-state index in [-0.39, 0.29) is 0 Å². The number of ether oxygens (including phenoxy) is 5. The van der Waals surface area contributed by atoms with Gasteiger partial charge in [0.15, 0.2) is 0 Å². The van der Waals surface area contributed by atoms with E-state index in [2.05, 4.69) is 10.0 Å². The quantitative estimate of drug-likeness (QED) is 0.0908. The molecule has 4 aromatic rings. The molecule has 222 valence electrons. The summed E-state index contributed by atoms with van der Waals surface area (Å²) in [6.45, 7) is 1.26. The molecule has 0 N–H and O–H groups in total. The Morgan fingerprint density at radius 2 is 0.791 bits per heavy atom. The van der Waals surface area contributed by atoms with Crippen molar-refractivity contribution in [2.75, 3.05) is 7.11 Å². The van der Waals surface area contributed by atoms with Gasteiger partial charge >= 0.3 is 0 Å². The van der Waals surface area contributed by atoms with Gasteiger partial charge in [0.1, 0.15) is 18.3 Å². The molecule has 4 aromatic carbocycles. The highest BCUT2D eigenvalue weighted by molar-refractivity contribution is 5.18. The van der Waals surface area contributed by atoms with Crippen molar-refractivity contribution in [2.45, 2.75) is 63.0 Å². The Bertz CT molecular complexity index is 1400. The average molecular weight is 580 g/mol. The Kier molecular flexibility index (Phi) is 11.3. The molecule has 0 heterocycles. The van der Waals surface area contributed by atoms with E-state index in [1.165, 1.54) is 0 Å². The van der Waals surface area contributed by atoms with Gasteiger partial charge in [0, 0.05) is 12.0 Å². The highest BCUT2D eigenvalue weighted by Gasteiger charge is 2.53. The van der Waals surface area contributed by atoms with Gasteiger partial charge in [-0.25, -0.2) is 0 Å². The van der Waals surface area contributed by atoms with Gasteiger partial charge in [-0.1, -0.05) is 126 Å². The Balaban J connectivity index is 1.51. The molecule has 0 saturated heterocycles. The van der Waals surface area contributed by atoms with Crippen LogP contribution in [0.25, 0.3) is 10.4 Å². The van der Waals surface area contributed by atoms with Gasteiger partial charge in [-0.05, 0) is 27.8 Å². The summed E-state index contributed by atoms with van der Waals surface area (Å²) in [5.41, 5.74) is 13.7. The second-order valence-electron chi connectivity index (χ2n) is 10.4. The molecule has 0 aromatic heterocycles. The summed E-state index contributed by atoms with van der Waals surface area (Å²) in [6.07, 6.45) is -3.21. The van der Waals surface area contributed by atoms with E-state index in [1.807, 2.05) is 121 Å². The van der Waals surface area contributed by atoms with Crippen LogP contribution in [0.4, 0.5) is 0 Å². The molecule has 6 atom stereocenters. The van der Waals surface area contributed by atoms with Crippen molar-refractivity contribution in [1.82, 2.24) is 0 Å². The smallest absolute Gasteiger partial charge is 0.115 e. The zero-order valence-corrected chi connectivity index (χ0v) is 24.2. The van der Waals surface area contributed by atoms with E-state index in [1.54, 1.807) is 7.11 Å². The summed E-state index contributed by atoms with van der Waals surface area (Å²) in [6, 6.07) is 39.0. The van der Waals surface area contributed by atoms with Crippen molar-refractivity contribution in [3.8, 4) is 0 Å². The van der Waals surface area contributed by atoms with Crippen molar-refractivity contribution >= 4 is 0 Å². The molecule has 8 heteroatoms. The van der Waals surface area contributed by atoms with Crippen LogP contribution in [0.1, 0.15) is 22.3 Å². The zero-order chi connectivity index (χ0) is 29.7. The van der Waals surface area contributed by atoms with Gasteiger partial charge in [-0.3, -0.25) is 0 Å². The highest BCUT2D eigenvalue weighted by atomic mass is 16.6. The van der Waals surface area contributed by atoms with E-state index in [4.69, 9.17) is 23.7 Å². The van der Waals surface area contributed by atoms with Gasteiger partial charge < -0.3 is 23.7 Å². The van der Waals surface area contributed by atoms with Gasteiger partial charge in [0.25, 0.3) is 0 Å². The molecular formula is C35H37N3O5. The minimum Gasteiger partial charge on any atom is -0.378 e. The van der Waals surface area contributed by atoms with Crippen LogP contribution in [0.15, 0.2) is 126 Å². The predicted molar refractivity (Wildman–Crippen MR) is 164 cm³/mol. The minimum atomic E-state index is -0.739. The van der Waals surface area contributed by atoms with Crippen LogP contribution >= 0.6 is 0 Å². The number of nitrogens with zero attached hydrogens (tertiary/aromatic N) is 3. The van der Waals surface area contributed by atoms with Crippen LogP contribution in [0.2, 0.25) is 0 Å². The lowest BCUT2D eigenvalue weighted by atomic mass is 9.82. The van der Waals surface area contributed by atoms with E-state index >= 15 is 0 Å². The predicted octanol–water partition coefficient (Wildman–Crippen LogP) is 7.04. The molecule has 1 fully saturated rings. The van der Waals surface area contributed by atoms with Gasteiger partial charge in [0.05, 0.1) is 44.7 Å². The monoisotopic (exact) mass is 579 g/mol. The van der Waals surface area contributed by atoms with Crippen LogP contribution in [0.3, 0.4) is 0 Å². The van der Waals surface area contributed by atoms with Gasteiger partial charge in [0.2, 0.25) is 0 Å². The fourth-order valence-corrected chi connectivity index (χ4v) is 5.43. The molecule has 43 heavy (non-hydrogen) atoms. The van der Waals surface area contributed by atoms with Crippen molar-refractivity contribution in [1.29, 1.82) is 0 Å². The number of hydrogen-bond acceptors (Lipinski definition) is 6. The SMILES string of the molecule is CO[C@@H]1[C@@H](N=[N+]=[N-])[C@H](OCc2ccccc2)[C@@H](OCc2ccccc2)[C@H](OCc2ccccc2)[C@H]1OCc1ccccc1. The van der Waals surface area contributed by atoms with Gasteiger partial charge in [-0.15, -0.1) is 0 Å². The van der Waals surface area contributed by atoms with Crippen LogP contribution in [0.5, 0.6) is 0 Å². The minimum absolute atomic E-state index is 0.297. The lowest BCUT2D eigenvalue weighted by Gasteiger charge is -2.48. The van der Waals surface area contributed by atoms with Crippen molar-refractivity contribution in [2.24, 2.45) is 5.11 Å². The normalized spacial score (nSPS) is 23.4. The maximum Gasteiger partial charge on any atom is 0.115 e. The Labute approximate surface area is 252 Å². The number of hydrogen-bond donors (Lipinski definition) is 0. The topological polar surface area (TPSA) is 94.9 Å². The first-order valence-electron chi connectivity index (χ1n) is 14.5. The fourth-order valence-electron chi connectivity index (χ4n) is 5.43. The summed E-state index contributed by atoms with van der Waals surface area (Å²) in [4.78, 5) is 3.20. The molecule has 0 radical (unpaired) electrons. The molecule has 0 bridgehead atoms. The standard InChI is InChI=1S/C35H37N3O5/c1-39-31-30(37-38-36)32(40-22-26-14-6-2-7-15-26)34(42-24-28-18-10-4-11-19-28)35(43-25-29-20-12-5-13-21-29)33(31)41-23-27-16-8-3-9-17-27/h2-21,30-35H,22-25H2,1H3/t30-,31-,32+,33+,34-,35-/m1/s1. The number of methoxy groups -OCH3 is 1. The fraction of sp³-hybridized carbons (Fsp3) is 0.314.